The van der Waals surface area contributed by atoms with E-state index in [1.807, 2.05) is 18.2 Å². The Morgan fingerprint density at radius 1 is 0.404 bits per heavy atom. The van der Waals surface area contributed by atoms with Gasteiger partial charge in [0, 0.05) is 6.54 Å². The van der Waals surface area contributed by atoms with Crippen molar-refractivity contribution >= 4 is 75.4 Å². The van der Waals surface area contributed by atoms with Crippen LogP contribution in [0.15, 0.2) is 176 Å². The molecule has 52 heavy (non-hydrogen) atoms. The van der Waals surface area contributed by atoms with Gasteiger partial charge in [0.15, 0.2) is 0 Å². The highest BCUT2D eigenvalue weighted by Crippen LogP contribution is 2.41. The summed E-state index contributed by atoms with van der Waals surface area (Å²) in [6.45, 7) is 0.634. The molecule has 0 aliphatic heterocycles. The average Bonchev–Trinajstić information content (AvgIpc) is 3.21. The maximum Gasteiger partial charge on any atom is 0.0864 e. The monoisotopic (exact) mass is 667 g/mol. The van der Waals surface area contributed by atoms with Crippen LogP contribution in [0.25, 0.3) is 75.4 Å². The molecular weight excluding hydrogens is 631 g/mol. The molecule has 0 aliphatic rings. The summed E-state index contributed by atoms with van der Waals surface area (Å²) in [5, 5.41) is 25.5. The van der Waals surface area contributed by atoms with Gasteiger partial charge in [-0.1, -0.05) is 164 Å². The van der Waals surface area contributed by atoms with Gasteiger partial charge in [0.1, 0.15) is 0 Å². The van der Waals surface area contributed by atoms with Crippen LogP contribution in [-0.2, 0) is 6.54 Å². The summed E-state index contributed by atoms with van der Waals surface area (Å²) in [6.07, 6.45) is -0.662. The third-order valence-electron chi connectivity index (χ3n) is 10.9. The van der Waals surface area contributed by atoms with Crippen LogP contribution in [0.5, 0.6) is 0 Å². The molecule has 2 unspecified atom stereocenters. The molecule has 0 radical (unpaired) electrons. The predicted molar refractivity (Wildman–Crippen MR) is 222 cm³/mol. The molecule has 248 valence electrons. The van der Waals surface area contributed by atoms with E-state index >= 15 is 0 Å². The molecule has 3 nitrogen and oxygen atoms in total. The Hall–Kier alpha value is -6.10. The first-order chi connectivity index (χ1) is 25.7. The molecule has 4 N–H and O–H groups in total. The molecule has 0 amide bonds. The van der Waals surface area contributed by atoms with Crippen LogP contribution in [0.2, 0.25) is 0 Å². The van der Waals surface area contributed by atoms with Gasteiger partial charge in [0.2, 0.25) is 0 Å². The smallest absolute Gasteiger partial charge is 0.0864 e. The van der Waals surface area contributed by atoms with Crippen molar-refractivity contribution in [3.05, 3.63) is 193 Å². The van der Waals surface area contributed by atoms with Crippen molar-refractivity contribution in [2.45, 2.75) is 18.9 Å². The van der Waals surface area contributed by atoms with Crippen molar-refractivity contribution in [3.63, 3.8) is 0 Å². The van der Waals surface area contributed by atoms with Crippen LogP contribution < -0.4 is 16.4 Å². The first-order valence-electron chi connectivity index (χ1n) is 18.1. The molecule has 0 saturated heterocycles. The van der Waals surface area contributed by atoms with Gasteiger partial charge in [0.25, 0.3) is 0 Å². The van der Waals surface area contributed by atoms with Crippen LogP contribution in [-0.4, -0.2) is 0 Å². The van der Waals surface area contributed by atoms with E-state index in [-0.39, 0.29) is 6.17 Å². The minimum Gasteiger partial charge on any atom is -0.312 e. The number of nitrogens with one attached hydrogen (secondary N) is 2. The van der Waals surface area contributed by atoms with Crippen molar-refractivity contribution < 1.29 is 0 Å². The van der Waals surface area contributed by atoms with E-state index in [9.17, 15) is 0 Å². The highest BCUT2D eigenvalue weighted by molar-refractivity contribution is 6.31. The number of fused-ring (bicyclic) bond motifs is 12. The fourth-order valence-corrected chi connectivity index (χ4v) is 8.55. The molecule has 0 saturated carbocycles. The topological polar surface area (TPSA) is 50.1 Å². The van der Waals surface area contributed by atoms with E-state index < -0.39 is 6.17 Å². The number of hydrogen-bond acceptors (Lipinski definition) is 3. The van der Waals surface area contributed by atoms with E-state index in [0.29, 0.717) is 6.54 Å². The molecule has 10 rings (SSSR count). The zero-order valence-corrected chi connectivity index (χ0v) is 28.7. The van der Waals surface area contributed by atoms with Crippen LogP contribution in [0.3, 0.4) is 0 Å². The molecule has 0 fully saturated rings. The van der Waals surface area contributed by atoms with Crippen molar-refractivity contribution in [2.24, 2.45) is 5.73 Å². The third kappa shape index (κ3) is 5.02. The zero-order valence-electron chi connectivity index (χ0n) is 28.7. The van der Waals surface area contributed by atoms with E-state index in [2.05, 4.69) is 168 Å². The molecule has 3 heteroatoms. The number of hydrogen-bond donors (Lipinski definition) is 3. The molecule has 0 bridgehead atoms. The minimum atomic E-state index is -0.392. The second-order valence-corrected chi connectivity index (χ2v) is 13.9. The summed E-state index contributed by atoms with van der Waals surface area (Å²) in [7, 11) is 0. The summed E-state index contributed by atoms with van der Waals surface area (Å²) in [5.41, 5.74) is 10.5. The molecular formula is C49H37N3. The van der Waals surface area contributed by atoms with Gasteiger partial charge in [-0.15, -0.1) is 0 Å². The lowest BCUT2D eigenvalue weighted by Crippen LogP contribution is -2.40. The quantitative estimate of drug-likeness (QED) is 0.0901. The maximum absolute atomic E-state index is 7.01. The number of rotatable bonds is 7. The molecule has 0 spiro atoms. The fourth-order valence-electron chi connectivity index (χ4n) is 8.55. The van der Waals surface area contributed by atoms with E-state index in [0.717, 1.165) is 5.56 Å². The molecule has 0 heterocycles. The van der Waals surface area contributed by atoms with Gasteiger partial charge in [-0.25, -0.2) is 0 Å². The average molecular weight is 668 g/mol. The van der Waals surface area contributed by atoms with Crippen molar-refractivity contribution in [2.75, 3.05) is 0 Å². The van der Waals surface area contributed by atoms with Crippen LogP contribution in [0.1, 0.15) is 29.0 Å². The Morgan fingerprint density at radius 2 is 0.942 bits per heavy atom. The van der Waals surface area contributed by atoms with Gasteiger partial charge in [-0.3, -0.25) is 10.6 Å². The first kappa shape index (κ1) is 30.7. The fraction of sp³-hybridized carbons (Fsp3) is 0.0612. The highest BCUT2D eigenvalue weighted by Gasteiger charge is 2.22. The lowest BCUT2D eigenvalue weighted by molar-refractivity contribution is 0.390. The van der Waals surface area contributed by atoms with Crippen LogP contribution >= 0.6 is 0 Å². The molecule has 10 aromatic rings. The lowest BCUT2D eigenvalue weighted by atomic mass is 9.89. The Morgan fingerprint density at radius 3 is 1.67 bits per heavy atom. The van der Waals surface area contributed by atoms with Gasteiger partial charge in [0.05, 0.1) is 12.3 Å². The Kier molecular flexibility index (Phi) is 7.43. The van der Waals surface area contributed by atoms with E-state index in [4.69, 9.17) is 5.73 Å². The van der Waals surface area contributed by atoms with Gasteiger partial charge >= 0.3 is 0 Å². The van der Waals surface area contributed by atoms with Crippen molar-refractivity contribution in [1.29, 1.82) is 0 Å². The molecule has 10 aromatic carbocycles. The van der Waals surface area contributed by atoms with Gasteiger partial charge in [-0.05, 0) is 104 Å². The van der Waals surface area contributed by atoms with Gasteiger partial charge < -0.3 is 5.73 Å². The lowest BCUT2D eigenvalue weighted by Gasteiger charge is -2.28. The Labute approximate surface area is 302 Å². The van der Waals surface area contributed by atoms with Crippen LogP contribution in [0.4, 0.5) is 0 Å². The largest absolute Gasteiger partial charge is 0.312 e. The SMILES string of the molecule is NC(NC(NCc1cc2c3ccccc3c3ccccc3c2c2ccccc12)c1c2ccccc2cc2c1ccc1ccccc12)c1ccccc1. The van der Waals surface area contributed by atoms with E-state index in [1.54, 1.807) is 0 Å². The predicted octanol–water partition coefficient (Wildman–Crippen LogP) is 11.8. The van der Waals surface area contributed by atoms with Gasteiger partial charge in [-0.2, -0.15) is 0 Å². The zero-order chi connectivity index (χ0) is 34.6. The highest BCUT2D eigenvalue weighted by atomic mass is 15.2. The third-order valence-corrected chi connectivity index (χ3v) is 10.9. The van der Waals surface area contributed by atoms with Crippen LogP contribution in [0, 0.1) is 0 Å². The summed E-state index contributed by atoms with van der Waals surface area (Å²) >= 11 is 0. The second-order valence-electron chi connectivity index (χ2n) is 13.9. The standard InChI is InChI=1S/C49H37N3/c50-48(32-15-2-1-3-16-32)52-49(47-37-20-7-5-17-33(37)28-44-35-18-6-4-14-31(35)26-27-43(44)47)51-30-34-29-45-40-23-10-9-21-38(40)39-22-11-13-25-42(39)46(45)41-24-12-8-19-36(34)41/h1-29,48-49,51-52H,30,50H2. The molecule has 2 atom stereocenters. The summed E-state index contributed by atoms with van der Waals surface area (Å²) in [6, 6.07) is 63.6. The first-order valence-corrected chi connectivity index (χ1v) is 18.1. The van der Waals surface area contributed by atoms with Crippen molar-refractivity contribution in [1.82, 2.24) is 10.6 Å². The summed E-state index contributed by atoms with van der Waals surface area (Å²) in [4.78, 5) is 0. The number of benzene rings is 10. The summed E-state index contributed by atoms with van der Waals surface area (Å²) in [5.74, 6) is 0. The Balaban J connectivity index is 1.19. The normalized spacial score (nSPS) is 13.2. The number of nitrogens with two attached hydrogens (primary N) is 1. The minimum absolute atomic E-state index is 0.271. The van der Waals surface area contributed by atoms with Crippen molar-refractivity contribution in [3.8, 4) is 0 Å². The molecule has 0 aliphatic carbocycles. The second kappa shape index (κ2) is 12.6. The Bertz CT molecular complexity index is 2970. The maximum atomic E-state index is 7.01. The van der Waals surface area contributed by atoms with E-state index in [1.165, 1.54) is 86.5 Å². The molecule has 0 aromatic heterocycles. The summed E-state index contributed by atoms with van der Waals surface area (Å²) < 4.78 is 0.